The Kier molecular flexibility index (Phi) is 5.46. The predicted octanol–water partition coefficient (Wildman–Crippen LogP) is 1.94. The highest BCUT2D eigenvalue weighted by atomic mass is 16.5. The highest BCUT2D eigenvalue weighted by Gasteiger charge is 2.25. The molecule has 1 amide bonds. The average molecular weight is 317 g/mol. The average Bonchev–Trinajstić information content (AvgIpc) is 2.99. The molecule has 0 saturated heterocycles. The van der Waals surface area contributed by atoms with Crippen LogP contribution in [-0.4, -0.2) is 28.1 Å². The van der Waals surface area contributed by atoms with Gasteiger partial charge in [-0.15, -0.1) is 10.2 Å². The van der Waals surface area contributed by atoms with Gasteiger partial charge in [-0.1, -0.05) is 32.0 Å². The quantitative estimate of drug-likeness (QED) is 0.818. The standard InChI is InChI=1S/C16H19N3O4/c1-10(2)14(17-11(3)20)16(21)22-9-13-18-19-15(23-13)12-7-5-4-6-8-12/h4-8,10,14H,9H2,1-3H3,(H,17,20). The molecule has 2 rings (SSSR count). The van der Waals surface area contributed by atoms with Crippen LogP contribution < -0.4 is 5.32 Å². The molecule has 23 heavy (non-hydrogen) atoms. The maximum Gasteiger partial charge on any atom is 0.329 e. The summed E-state index contributed by atoms with van der Waals surface area (Å²) in [5.41, 5.74) is 0.788. The Balaban J connectivity index is 1.96. The van der Waals surface area contributed by atoms with Crippen molar-refractivity contribution in [3.05, 3.63) is 36.2 Å². The molecule has 0 fully saturated rings. The molecule has 0 bridgehead atoms. The van der Waals surface area contributed by atoms with Crippen LogP contribution in [0.3, 0.4) is 0 Å². The van der Waals surface area contributed by atoms with E-state index in [9.17, 15) is 9.59 Å². The molecule has 7 heteroatoms. The van der Waals surface area contributed by atoms with Crippen molar-refractivity contribution < 1.29 is 18.7 Å². The first-order valence-corrected chi connectivity index (χ1v) is 7.29. The zero-order valence-corrected chi connectivity index (χ0v) is 13.3. The SMILES string of the molecule is CC(=O)NC(C(=O)OCc1nnc(-c2ccccc2)o1)C(C)C. The number of hydrogen-bond acceptors (Lipinski definition) is 6. The van der Waals surface area contributed by atoms with E-state index in [0.717, 1.165) is 5.56 Å². The maximum absolute atomic E-state index is 12.0. The number of rotatable bonds is 6. The molecule has 7 nitrogen and oxygen atoms in total. The largest absolute Gasteiger partial charge is 0.454 e. The maximum atomic E-state index is 12.0. The number of carbonyl (C=O) groups is 2. The molecule has 1 aromatic heterocycles. The van der Waals surface area contributed by atoms with Gasteiger partial charge in [0.2, 0.25) is 11.8 Å². The van der Waals surface area contributed by atoms with E-state index < -0.39 is 12.0 Å². The number of aromatic nitrogens is 2. The summed E-state index contributed by atoms with van der Waals surface area (Å²) in [7, 11) is 0. The van der Waals surface area contributed by atoms with Gasteiger partial charge >= 0.3 is 5.97 Å². The van der Waals surface area contributed by atoms with Crippen molar-refractivity contribution >= 4 is 11.9 Å². The van der Waals surface area contributed by atoms with E-state index in [1.54, 1.807) is 0 Å². The molecular weight excluding hydrogens is 298 g/mol. The van der Waals surface area contributed by atoms with Crippen LogP contribution >= 0.6 is 0 Å². The Labute approximate surface area is 134 Å². The molecule has 122 valence electrons. The molecule has 2 aromatic rings. The van der Waals surface area contributed by atoms with Gasteiger partial charge in [0.15, 0.2) is 6.61 Å². The van der Waals surface area contributed by atoms with Crippen LogP contribution in [0, 0.1) is 5.92 Å². The van der Waals surface area contributed by atoms with Gasteiger partial charge in [-0.25, -0.2) is 4.79 Å². The van der Waals surface area contributed by atoms with E-state index in [2.05, 4.69) is 15.5 Å². The summed E-state index contributed by atoms with van der Waals surface area (Å²) in [5, 5.41) is 10.3. The number of amides is 1. The summed E-state index contributed by atoms with van der Waals surface area (Å²) in [6.07, 6.45) is 0. The van der Waals surface area contributed by atoms with E-state index in [1.165, 1.54) is 6.92 Å². The second-order valence-electron chi connectivity index (χ2n) is 5.40. The molecule has 0 aliphatic carbocycles. The number of benzene rings is 1. The van der Waals surface area contributed by atoms with E-state index in [1.807, 2.05) is 44.2 Å². The lowest BCUT2D eigenvalue weighted by atomic mass is 10.0. The van der Waals surface area contributed by atoms with Crippen molar-refractivity contribution in [1.29, 1.82) is 0 Å². The van der Waals surface area contributed by atoms with Crippen LogP contribution in [0.25, 0.3) is 11.5 Å². The second kappa shape index (κ2) is 7.53. The first-order valence-electron chi connectivity index (χ1n) is 7.29. The Hall–Kier alpha value is -2.70. The molecule has 0 aliphatic rings. The minimum Gasteiger partial charge on any atom is -0.454 e. The fraction of sp³-hybridized carbons (Fsp3) is 0.375. The highest BCUT2D eigenvalue weighted by molar-refractivity contribution is 5.83. The molecule has 0 saturated carbocycles. The Morgan fingerprint density at radius 3 is 2.52 bits per heavy atom. The third kappa shape index (κ3) is 4.64. The van der Waals surface area contributed by atoms with Crippen molar-refractivity contribution in [2.75, 3.05) is 0 Å². The fourth-order valence-electron chi connectivity index (χ4n) is 1.95. The molecule has 0 radical (unpaired) electrons. The van der Waals surface area contributed by atoms with Gasteiger partial charge in [0.05, 0.1) is 0 Å². The summed E-state index contributed by atoms with van der Waals surface area (Å²) in [6.45, 7) is 4.86. The summed E-state index contributed by atoms with van der Waals surface area (Å²) < 4.78 is 10.6. The van der Waals surface area contributed by atoms with Crippen LogP contribution in [0.4, 0.5) is 0 Å². The number of nitrogens with zero attached hydrogens (tertiary/aromatic N) is 2. The molecule has 1 atom stereocenters. The lowest BCUT2D eigenvalue weighted by Crippen LogP contribution is -2.44. The van der Waals surface area contributed by atoms with Gasteiger partial charge < -0.3 is 14.5 Å². The number of esters is 1. The fourth-order valence-corrected chi connectivity index (χ4v) is 1.95. The van der Waals surface area contributed by atoms with Gasteiger partial charge in [0, 0.05) is 12.5 Å². The number of nitrogens with one attached hydrogen (secondary N) is 1. The minimum absolute atomic E-state index is 0.0889. The highest BCUT2D eigenvalue weighted by Crippen LogP contribution is 2.17. The predicted molar refractivity (Wildman–Crippen MR) is 82.0 cm³/mol. The van der Waals surface area contributed by atoms with Gasteiger partial charge in [-0.2, -0.15) is 0 Å². The van der Waals surface area contributed by atoms with Crippen LogP contribution in [0.2, 0.25) is 0 Å². The van der Waals surface area contributed by atoms with Crippen LogP contribution in [0.15, 0.2) is 34.7 Å². The van der Waals surface area contributed by atoms with Crippen molar-refractivity contribution in [1.82, 2.24) is 15.5 Å². The van der Waals surface area contributed by atoms with E-state index in [0.29, 0.717) is 5.89 Å². The molecular formula is C16H19N3O4. The van der Waals surface area contributed by atoms with Gasteiger partial charge in [0.25, 0.3) is 5.89 Å². The summed E-state index contributed by atoms with van der Waals surface area (Å²) in [5.74, 6) is -0.352. The van der Waals surface area contributed by atoms with E-state index in [-0.39, 0.29) is 24.3 Å². The summed E-state index contributed by atoms with van der Waals surface area (Å²) in [4.78, 5) is 23.2. The first kappa shape index (κ1) is 16.7. The number of carbonyl (C=O) groups excluding carboxylic acids is 2. The second-order valence-corrected chi connectivity index (χ2v) is 5.40. The number of ether oxygens (including phenoxy) is 1. The minimum atomic E-state index is -0.705. The zero-order chi connectivity index (χ0) is 16.8. The topological polar surface area (TPSA) is 94.3 Å². The van der Waals surface area contributed by atoms with E-state index in [4.69, 9.17) is 9.15 Å². The van der Waals surface area contributed by atoms with E-state index >= 15 is 0 Å². The normalized spacial score (nSPS) is 12.0. The third-order valence-electron chi connectivity index (χ3n) is 3.10. The van der Waals surface area contributed by atoms with Gasteiger partial charge in [0.1, 0.15) is 6.04 Å². The number of hydrogen-bond donors (Lipinski definition) is 1. The summed E-state index contributed by atoms with van der Waals surface area (Å²) >= 11 is 0. The van der Waals surface area contributed by atoms with Crippen LogP contribution in [-0.2, 0) is 20.9 Å². The Morgan fingerprint density at radius 1 is 1.22 bits per heavy atom. The monoisotopic (exact) mass is 317 g/mol. The Morgan fingerprint density at radius 2 is 1.91 bits per heavy atom. The van der Waals surface area contributed by atoms with Gasteiger partial charge in [-0.05, 0) is 18.1 Å². The summed E-state index contributed by atoms with van der Waals surface area (Å²) in [6, 6.07) is 8.59. The lowest BCUT2D eigenvalue weighted by molar-refractivity contribution is -0.151. The Bertz CT molecular complexity index is 667. The first-order chi connectivity index (χ1) is 11.0. The van der Waals surface area contributed by atoms with Crippen molar-refractivity contribution in [3.63, 3.8) is 0 Å². The van der Waals surface area contributed by atoms with Crippen LogP contribution in [0.5, 0.6) is 0 Å². The van der Waals surface area contributed by atoms with Gasteiger partial charge in [-0.3, -0.25) is 4.79 Å². The van der Waals surface area contributed by atoms with Crippen molar-refractivity contribution in [2.24, 2.45) is 5.92 Å². The molecule has 1 heterocycles. The molecule has 0 spiro atoms. The van der Waals surface area contributed by atoms with Crippen molar-refractivity contribution in [2.45, 2.75) is 33.4 Å². The lowest BCUT2D eigenvalue weighted by Gasteiger charge is -2.19. The molecule has 1 N–H and O–H groups in total. The third-order valence-corrected chi connectivity index (χ3v) is 3.10. The molecule has 1 aromatic carbocycles. The molecule has 0 aliphatic heterocycles. The zero-order valence-electron chi connectivity index (χ0n) is 13.3. The van der Waals surface area contributed by atoms with Crippen LogP contribution in [0.1, 0.15) is 26.7 Å². The molecule has 1 unspecified atom stereocenters. The van der Waals surface area contributed by atoms with Crippen molar-refractivity contribution in [3.8, 4) is 11.5 Å². The smallest absolute Gasteiger partial charge is 0.329 e.